The molecular formula is C12H24N2O2. The molecule has 1 rings (SSSR count). The van der Waals surface area contributed by atoms with Crippen molar-refractivity contribution in [3.05, 3.63) is 0 Å². The van der Waals surface area contributed by atoms with Gasteiger partial charge >= 0.3 is 0 Å². The summed E-state index contributed by atoms with van der Waals surface area (Å²) in [5, 5.41) is 6.26. The molecule has 0 aliphatic carbocycles. The number of hydrogen-bond donors (Lipinski definition) is 2. The van der Waals surface area contributed by atoms with E-state index in [2.05, 4.69) is 17.6 Å². The number of ether oxygens (including phenoxy) is 1. The van der Waals surface area contributed by atoms with Crippen molar-refractivity contribution in [3.8, 4) is 0 Å². The van der Waals surface area contributed by atoms with Crippen molar-refractivity contribution in [2.45, 2.75) is 45.8 Å². The Kier molecular flexibility index (Phi) is 5.77. The molecule has 1 saturated heterocycles. The second-order valence-electron chi connectivity index (χ2n) is 4.70. The molecule has 4 nitrogen and oxygen atoms in total. The lowest BCUT2D eigenvalue weighted by Crippen LogP contribution is -2.47. The minimum absolute atomic E-state index is 0.118. The lowest BCUT2D eigenvalue weighted by atomic mass is 9.91. The van der Waals surface area contributed by atoms with Crippen LogP contribution in [-0.2, 0) is 9.53 Å². The molecule has 2 atom stereocenters. The molecule has 1 amide bonds. The summed E-state index contributed by atoms with van der Waals surface area (Å²) in [5.74, 6) is 0.278. The summed E-state index contributed by atoms with van der Waals surface area (Å²) in [4.78, 5) is 11.8. The van der Waals surface area contributed by atoms with Gasteiger partial charge in [-0.05, 0) is 40.2 Å². The van der Waals surface area contributed by atoms with E-state index in [0.717, 1.165) is 19.4 Å². The highest BCUT2D eigenvalue weighted by Crippen LogP contribution is 2.15. The van der Waals surface area contributed by atoms with Crippen LogP contribution in [0.15, 0.2) is 0 Å². The maximum atomic E-state index is 11.8. The van der Waals surface area contributed by atoms with Crippen LogP contribution in [0.25, 0.3) is 0 Å². The van der Waals surface area contributed by atoms with E-state index in [1.165, 1.54) is 0 Å². The topological polar surface area (TPSA) is 50.4 Å². The fourth-order valence-corrected chi connectivity index (χ4v) is 2.00. The van der Waals surface area contributed by atoms with Gasteiger partial charge in [0.2, 0.25) is 5.91 Å². The van der Waals surface area contributed by atoms with Crippen molar-refractivity contribution >= 4 is 5.91 Å². The molecule has 0 aromatic heterocycles. The number of hydrogen-bond acceptors (Lipinski definition) is 3. The zero-order chi connectivity index (χ0) is 12.0. The molecule has 0 radical (unpaired) electrons. The third-order valence-electron chi connectivity index (χ3n) is 2.95. The second kappa shape index (κ2) is 6.86. The van der Waals surface area contributed by atoms with Crippen LogP contribution >= 0.6 is 0 Å². The lowest BCUT2D eigenvalue weighted by molar-refractivity contribution is -0.126. The van der Waals surface area contributed by atoms with Gasteiger partial charge in [-0.3, -0.25) is 4.79 Å². The Hall–Kier alpha value is -0.610. The highest BCUT2D eigenvalue weighted by molar-refractivity contribution is 5.79. The predicted octanol–water partition coefficient (Wildman–Crippen LogP) is 0.916. The van der Waals surface area contributed by atoms with Gasteiger partial charge in [0.1, 0.15) is 0 Å². The molecule has 1 aliphatic heterocycles. The summed E-state index contributed by atoms with van der Waals surface area (Å²) in [6, 6.07) is 0.291. The second-order valence-corrected chi connectivity index (χ2v) is 4.70. The number of carbonyl (C=O) groups excluding carboxylic acids is 1. The first-order chi connectivity index (χ1) is 7.61. The van der Waals surface area contributed by atoms with E-state index in [1.807, 2.05) is 13.8 Å². The van der Waals surface area contributed by atoms with E-state index in [0.29, 0.717) is 19.2 Å². The molecule has 0 aromatic carbocycles. The predicted molar refractivity (Wildman–Crippen MR) is 64.3 cm³/mol. The first-order valence-electron chi connectivity index (χ1n) is 6.24. The van der Waals surface area contributed by atoms with Gasteiger partial charge in [-0.15, -0.1) is 0 Å². The molecule has 1 heterocycles. The van der Waals surface area contributed by atoms with E-state index in [-0.39, 0.29) is 17.9 Å². The van der Waals surface area contributed by atoms with Crippen LogP contribution in [0.1, 0.15) is 33.6 Å². The van der Waals surface area contributed by atoms with Crippen LogP contribution in [0.2, 0.25) is 0 Å². The number of piperidine rings is 1. The molecule has 94 valence electrons. The molecule has 2 unspecified atom stereocenters. The first kappa shape index (κ1) is 13.5. The van der Waals surface area contributed by atoms with E-state index >= 15 is 0 Å². The maximum absolute atomic E-state index is 11.8. The average molecular weight is 228 g/mol. The third-order valence-corrected chi connectivity index (χ3v) is 2.95. The Morgan fingerprint density at radius 3 is 2.94 bits per heavy atom. The van der Waals surface area contributed by atoms with Crippen molar-refractivity contribution < 1.29 is 9.53 Å². The van der Waals surface area contributed by atoms with E-state index in [4.69, 9.17) is 4.74 Å². The lowest BCUT2D eigenvalue weighted by Gasteiger charge is -2.28. The van der Waals surface area contributed by atoms with Gasteiger partial charge in [-0.2, -0.15) is 0 Å². The molecule has 1 fully saturated rings. The summed E-state index contributed by atoms with van der Waals surface area (Å²) < 4.78 is 5.38. The van der Waals surface area contributed by atoms with Crippen LogP contribution in [0.4, 0.5) is 0 Å². The van der Waals surface area contributed by atoms with Crippen molar-refractivity contribution in [2.24, 2.45) is 5.92 Å². The molecule has 16 heavy (non-hydrogen) atoms. The average Bonchev–Trinajstić information content (AvgIpc) is 2.24. The fourth-order valence-electron chi connectivity index (χ4n) is 2.00. The monoisotopic (exact) mass is 228 g/mol. The van der Waals surface area contributed by atoms with Gasteiger partial charge in [0.25, 0.3) is 0 Å². The fraction of sp³-hybridized carbons (Fsp3) is 0.917. The third kappa shape index (κ3) is 4.49. The van der Waals surface area contributed by atoms with Crippen molar-refractivity contribution in [1.82, 2.24) is 10.6 Å². The van der Waals surface area contributed by atoms with Crippen LogP contribution < -0.4 is 10.6 Å². The summed E-state index contributed by atoms with van der Waals surface area (Å²) in [7, 11) is 0. The normalized spacial score (nSPS) is 25.8. The van der Waals surface area contributed by atoms with Crippen molar-refractivity contribution in [2.75, 3.05) is 19.7 Å². The SMILES string of the molecule is CC(C)OCCNC(=O)C1CCCNC1C. The molecule has 0 spiro atoms. The highest BCUT2D eigenvalue weighted by atomic mass is 16.5. The molecule has 0 bridgehead atoms. The largest absolute Gasteiger partial charge is 0.377 e. The molecule has 0 saturated carbocycles. The molecule has 1 aliphatic rings. The minimum Gasteiger partial charge on any atom is -0.377 e. The van der Waals surface area contributed by atoms with Gasteiger partial charge in [0.05, 0.1) is 18.6 Å². The maximum Gasteiger partial charge on any atom is 0.224 e. The summed E-state index contributed by atoms with van der Waals surface area (Å²) in [6.07, 6.45) is 2.31. The van der Waals surface area contributed by atoms with Crippen molar-refractivity contribution in [3.63, 3.8) is 0 Å². The zero-order valence-corrected chi connectivity index (χ0v) is 10.6. The summed E-state index contributed by atoms with van der Waals surface area (Å²) in [5.41, 5.74) is 0. The van der Waals surface area contributed by atoms with Crippen LogP contribution in [0, 0.1) is 5.92 Å². The number of carbonyl (C=O) groups is 1. The summed E-state index contributed by atoms with van der Waals surface area (Å²) in [6.45, 7) is 8.30. The van der Waals surface area contributed by atoms with Gasteiger partial charge in [0, 0.05) is 12.6 Å². The molecular weight excluding hydrogens is 204 g/mol. The smallest absolute Gasteiger partial charge is 0.224 e. The van der Waals surface area contributed by atoms with Gasteiger partial charge in [-0.25, -0.2) is 0 Å². The van der Waals surface area contributed by atoms with Gasteiger partial charge in [-0.1, -0.05) is 0 Å². The van der Waals surface area contributed by atoms with Gasteiger partial charge in [0.15, 0.2) is 0 Å². The number of amides is 1. The number of rotatable bonds is 5. The Balaban J connectivity index is 2.18. The Bertz CT molecular complexity index is 219. The zero-order valence-electron chi connectivity index (χ0n) is 10.6. The highest BCUT2D eigenvalue weighted by Gasteiger charge is 2.26. The minimum atomic E-state index is 0.118. The van der Waals surface area contributed by atoms with Gasteiger partial charge < -0.3 is 15.4 Å². The molecule has 2 N–H and O–H groups in total. The van der Waals surface area contributed by atoms with Crippen LogP contribution in [0.3, 0.4) is 0 Å². The van der Waals surface area contributed by atoms with E-state index < -0.39 is 0 Å². The Morgan fingerprint density at radius 2 is 2.31 bits per heavy atom. The van der Waals surface area contributed by atoms with E-state index in [1.54, 1.807) is 0 Å². The van der Waals surface area contributed by atoms with Crippen LogP contribution in [-0.4, -0.2) is 37.7 Å². The van der Waals surface area contributed by atoms with Crippen LogP contribution in [0.5, 0.6) is 0 Å². The number of nitrogens with one attached hydrogen (secondary N) is 2. The summed E-state index contributed by atoms with van der Waals surface area (Å²) >= 11 is 0. The molecule has 4 heteroatoms. The van der Waals surface area contributed by atoms with Crippen molar-refractivity contribution in [1.29, 1.82) is 0 Å². The standard InChI is InChI=1S/C12H24N2O2/c1-9(2)16-8-7-14-12(15)11-5-4-6-13-10(11)3/h9-11,13H,4-8H2,1-3H3,(H,14,15). The quantitative estimate of drug-likeness (QED) is 0.688. The molecule has 0 aromatic rings. The van der Waals surface area contributed by atoms with E-state index in [9.17, 15) is 4.79 Å². The Labute approximate surface area is 98.1 Å². The Morgan fingerprint density at radius 1 is 1.56 bits per heavy atom. The first-order valence-corrected chi connectivity index (χ1v) is 6.24.